The Kier molecular flexibility index (Phi) is 5.45. The van der Waals surface area contributed by atoms with Gasteiger partial charge in [0.15, 0.2) is 0 Å². The quantitative estimate of drug-likeness (QED) is 0.519. The number of phenolic OH excluding ortho intramolecular Hbond substituents is 1. The summed E-state index contributed by atoms with van der Waals surface area (Å²) in [5.74, 6) is 0.175. The predicted octanol–water partition coefficient (Wildman–Crippen LogP) is 0.932. The van der Waals surface area contributed by atoms with Crippen molar-refractivity contribution in [3.05, 3.63) is 23.8 Å². The molecule has 0 aliphatic carbocycles. The number of nitrogens with one attached hydrogen (secondary N) is 1. The number of rotatable bonds is 6. The summed E-state index contributed by atoms with van der Waals surface area (Å²) in [6.07, 6.45) is 0.945. The van der Waals surface area contributed by atoms with Gasteiger partial charge in [-0.1, -0.05) is 6.92 Å². The van der Waals surface area contributed by atoms with Crippen LogP contribution < -0.4 is 11.1 Å². The molecule has 1 amide bonds. The standard InChI is InChI=1S/C13H21N3O2/c1-3-6-16(9-13(18)15-2)8-10-7-11(14)4-5-12(10)17/h4-5,7,17H,3,6,8-9,14H2,1-2H3,(H,15,18). The summed E-state index contributed by atoms with van der Waals surface area (Å²) >= 11 is 0. The van der Waals surface area contributed by atoms with Gasteiger partial charge in [-0.05, 0) is 31.2 Å². The summed E-state index contributed by atoms with van der Waals surface area (Å²) in [5, 5.41) is 12.4. The van der Waals surface area contributed by atoms with Gasteiger partial charge in [-0.25, -0.2) is 0 Å². The number of benzene rings is 1. The highest BCUT2D eigenvalue weighted by atomic mass is 16.3. The number of nitrogens with zero attached hydrogens (tertiary/aromatic N) is 1. The van der Waals surface area contributed by atoms with Crippen LogP contribution in [-0.4, -0.2) is 36.1 Å². The highest BCUT2D eigenvalue weighted by Gasteiger charge is 2.11. The van der Waals surface area contributed by atoms with E-state index in [0.717, 1.165) is 18.5 Å². The third-order valence-corrected chi connectivity index (χ3v) is 2.68. The van der Waals surface area contributed by atoms with Gasteiger partial charge in [-0.3, -0.25) is 9.69 Å². The van der Waals surface area contributed by atoms with E-state index in [2.05, 4.69) is 12.2 Å². The number of nitrogen functional groups attached to an aromatic ring is 1. The number of hydrogen-bond acceptors (Lipinski definition) is 4. The van der Waals surface area contributed by atoms with Gasteiger partial charge in [-0.15, -0.1) is 0 Å². The van der Waals surface area contributed by atoms with Gasteiger partial charge in [0, 0.05) is 24.8 Å². The van der Waals surface area contributed by atoms with Crippen LogP contribution in [0.2, 0.25) is 0 Å². The lowest BCUT2D eigenvalue weighted by Crippen LogP contribution is -2.35. The topological polar surface area (TPSA) is 78.6 Å². The minimum atomic E-state index is -0.0353. The van der Waals surface area contributed by atoms with E-state index in [4.69, 9.17) is 5.73 Å². The first-order valence-corrected chi connectivity index (χ1v) is 6.07. The second kappa shape index (κ2) is 6.86. The zero-order chi connectivity index (χ0) is 13.5. The molecule has 0 saturated heterocycles. The Morgan fingerprint density at radius 2 is 2.22 bits per heavy atom. The first kappa shape index (κ1) is 14.3. The minimum absolute atomic E-state index is 0.0353. The number of carbonyl (C=O) groups excluding carboxylic acids is 1. The van der Waals surface area contributed by atoms with Crippen LogP contribution in [0, 0.1) is 0 Å². The van der Waals surface area contributed by atoms with E-state index in [9.17, 15) is 9.90 Å². The van der Waals surface area contributed by atoms with E-state index < -0.39 is 0 Å². The molecule has 0 bridgehead atoms. The number of anilines is 1. The Bertz CT molecular complexity index is 407. The molecule has 0 saturated carbocycles. The van der Waals surface area contributed by atoms with Crippen molar-refractivity contribution in [1.82, 2.24) is 10.2 Å². The fraction of sp³-hybridized carbons (Fsp3) is 0.462. The molecule has 0 aromatic heterocycles. The van der Waals surface area contributed by atoms with E-state index in [1.165, 1.54) is 0 Å². The average molecular weight is 251 g/mol. The molecule has 0 heterocycles. The summed E-state index contributed by atoms with van der Waals surface area (Å²) < 4.78 is 0. The van der Waals surface area contributed by atoms with Gasteiger partial charge < -0.3 is 16.2 Å². The summed E-state index contributed by atoms with van der Waals surface area (Å²) in [4.78, 5) is 13.4. The molecule has 0 radical (unpaired) electrons. The van der Waals surface area contributed by atoms with Crippen molar-refractivity contribution in [2.45, 2.75) is 19.9 Å². The third-order valence-electron chi connectivity index (χ3n) is 2.68. The predicted molar refractivity (Wildman–Crippen MR) is 72.2 cm³/mol. The number of nitrogens with two attached hydrogens (primary N) is 1. The smallest absolute Gasteiger partial charge is 0.233 e. The molecule has 0 aliphatic rings. The number of carbonyl (C=O) groups is 1. The van der Waals surface area contributed by atoms with Crippen molar-refractivity contribution in [3.8, 4) is 5.75 Å². The van der Waals surface area contributed by atoms with Crippen molar-refractivity contribution < 1.29 is 9.90 Å². The van der Waals surface area contributed by atoms with Crippen LogP contribution in [0.15, 0.2) is 18.2 Å². The molecular weight excluding hydrogens is 230 g/mol. The maximum Gasteiger partial charge on any atom is 0.233 e. The Labute approximate surface area is 108 Å². The molecule has 100 valence electrons. The highest BCUT2D eigenvalue weighted by molar-refractivity contribution is 5.77. The van der Waals surface area contributed by atoms with E-state index in [1.807, 2.05) is 4.90 Å². The minimum Gasteiger partial charge on any atom is -0.508 e. The summed E-state index contributed by atoms with van der Waals surface area (Å²) in [7, 11) is 1.62. The lowest BCUT2D eigenvalue weighted by atomic mass is 10.1. The largest absolute Gasteiger partial charge is 0.508 e. The normalized spacial score (nSPS) is 10.6. The number of aromatic hydroxyl groups is 1. The molecule has 1 aromatic carbocycles. The zero-order valence-corrected chi connectivity index (χ0v) is 10.9. The van der Waals surface area contributed by atoms with E-state index in [0.29, 0.717) is 18.8 Å². The summed E-state index contributed by atoms with van der Waals surface area (Å²) in [6.45, 7) is 3.68. The van der Waals surface area contributed by atoms with Gasteiger partial charge in [0.05, 0.1) is 6.54 Å². The van der Waals surface area contributed by atoms with Gasteiger partial charge in [-0.2, -0.15) is 0 Å². The van der Waals surface area contributed by atoms with Crippen LogP contribution in [0.1, 0.15) is 18.9 Å². The maximum absolute atomic E-state index is 11.4. The number of hydrogen-bond donors (Lipinski definition) is 3. The first-order chi connectivity index (χ1) is 8.56. The van der Waals surface area contributed by atoms with Crippen LogP contribution in [0.3, 0.4) is 0 Å². The van der Waals surface area contributed by atoms with Crippen molar-refractivity contribution in [2.24, 2.45) is 0 Å². The van der Waals surface area contributed by atoms with Gasteiger partial charge in [0.25, 0.3) is 0 Å². The monoisotopic (exact) mass is 251 g/mol. The molecule has 5 heteroatoms. The van der Waals surface area contributed by atoms with Gasteiger partial charge in [0.1, 0.15) is 5.75 Å². The summed E-state index contributed by atoms with van der Waals surface area (Å²) in [6, 6.07) is 4.97. The van der Waals surface area contributed by atoms with Crippen molar-refractivity contribution in [1.29, 1.82) is 0 Å². The molecule has 1 rings (SSSR count). The molecule has 18 heavy (non-hydrogen) atoms. The molecule has 0 aliphatic heterocycles. The Balaban J connectivity index is 2.75. The first-order valence-electron chi connectivity index (χ1n) is 6.07. The number of likely N-dealkylation sites (N-methyl/N-ethyl adjacent to an activating group) is 1. The molecular formula is C13H21N3O2. The number of phenols is 1. The van der Waals surface area contributed by atoms with Crippen molar-refractivity contribution in [2.75, 3.05) is 25.9 Å². The van der Waals surface area contributed by atoms with E-state index in [1.54, 1.807) is 25.2 Å². The Morgan fingerprint density at radius 3 is 2.83 bits per heavy atom. The van der Waals surface area contributed by atoms with Crippen molar-refractivity contribution in [3.63, 3.8) is 0 Å². The second-order valence-corrected chi connectivity index (χ2v) is 4.27. The van der Waals surface area contributed by atoms with E-state index >= 15 is 0 Å². The molecule has 1 aromatic rings. The van der Waals surface area contributed by atoms with Gasteiger partial charge in [0.2, 0.25) is 5.91 Å². The van der Waals surface area contributed by atoms with Gasteiger partial charge >= 0.3 is 0 Å². The molecule has 4 N–H and O–H groups in total. The lowest BCUT2D eigenvalue weighted by Gasteiger charge is -2.21. The van der Waals surface area contributed by atoms with Crippen LogP contribution in [0.5, 0.6) is 5.75 Å². The Morgan fingerprint density at radius 1 is 1.50 bits per heavy atom. The Hall–Kier alpha value is -1.75. The second-order valence-electron chi connectivity index (χ2n) is 4.27. The van der Waals surface area contributed by atoms with Crippen LogP contribution >= 0.6 is 0 Å². The van der Waals surface area contributed by atoms with Crippen molar-refractivity contribution >= 4 is 11.6 Å². The molecule has 0 unspecified atom stereocenters. The zero-order valence-electron chi connectivity index (χ0n) is 10.9. The van der Waals surface area contributed by atoms with Crippen LogP contribution in [0.25, 0.3) is 0 Å². The molecule has 0 fully saturated rings. The fourth-order valence-corrected chi connectivity index (χ4v) is 1.79. The fourth-order valence-electron chi connectivity index (χ4n) is 1.79. The van der Waals surface area contributed by atoms with E-state index in [-0.39, 0.29) is 11.7 Å². The number of amides is 1. The average Bonchev–Trinajstić information content (AvgIpc) is 2.34. The lowest BCUT2D eigenvalue weighted by molar-refractivity contribution is -0.121. The van der Waals surface area contributed by atoms with Crippen LogP contribution in [0.4, 0.5) is 5.69 Å². The maximum atomic E-state index is 11.4. The SMILES string of the molecule is CCCN(CC(=O)NC)Cc1cc(N)ccc1O. The molecule has 0 atom stereocenters. The van der Waals surface area contributed by atoms with Crippen LogP contribution in [-0.2, 0) is 11.3 Å². The molecule has 0 spiro atoms. The third kappa shape index (κ3) is 4.25. The molecule has 5 nitrogen and oxygen atoms in total. The highest BCUT2D eigenvalue weighted by Crippen LogP contribution is 2.21. The summed E-state index contributed by atoms with van der Waals surface area (Å²) in [5.41, 5.74) is 7.05.